The lowest BCUT2D eigenvalue weighted by Gasteiger charge is -2.30. The lowest BCUT2D eigenvalue weighted by atomic mass is 9.97. The summed E-state index contributed by atoms with van der Waals surface area (Å²) in [6, 6.07) is 2.05. The number of aryl methyl sites for hydroxylation is 1. The highest BCUT2D eigenvalue weighted by atomic mass is 19.4. The van der Waals surface area contributed by atoms with Gasteiger partial charge >= 0.3 is 12.1 Å². The Hall–Kier alpha value is -1.37. The molecule has 0 radical (unpaired) electrons. The van der Waals surface area contributed by atoms with Crippen LogP contribution in [0.25, 0.3) is 0 Å². The van der Waals surface area contributed by atoms with Crippen LogP contribution in [0.5, 0.6) is 5.75 Å². The van der Waals surface area contributed by atoms with Gasteiger partial charge in [0.15, 0.2) is 0 Å². The largest absolute Gasteiger partial charge is 0.494 e. The SMILES string of the molecule is CCOc1ccc(C)cc1C(NC)C(F)(F)C(F)(F)F. The highest BCUT2D eigenvalue weighted by Gasteiger charge is 2.62. The minimum atomic E-state index is -5.64. The molecule has 0 amide bonds. The molecule has 20 heavy (non-hydrogen) atoms. The molecule has 0 bridgehead atoms. The molecular formula is C13H16F5NO. The fraction of sp³-hybridized carbons (Fsp3) is 0.538. The third-order valence-corrected chi connectivity index (χ3v) is 2.81. The Labute approximate surface area is 113 Å². The number of rotatable bonds is 5. The van der Waals surface area contributed by atoms with Crippen LogP contribution in [0.2, 0.25) is 0 Å². The summed E-state index contributed by atoms with van der Waals surface area (Å²) >= 11 is 0. The summed E-state index contributed by atoms with van der Waals surface area (Å²) in [6.07, 6.45) is -5.64. The van der Waals surface area contributed by atoms with Crippen molar-refractivity contribution in [2.24, 2.45) is 0 Å². The Morgan fingerprint density at radius 3 is 2.25 bits per heavy atom. The van der Waals surface area contributed by atoms with E-state index in [9.17, 15) is 22.0 Å². The first-order chi connectivity index (χ1) is 9.15. The van der Waals surface area contributed by atoms with E-state index in [1.54, 1.807) is 19.9 Å². The van der Waals surface area contributed by atoms with E-state index in [-0.39, 0.29) is 17.9 Å². The highest BCUT2D eigenvalue weighted by molar-refractivity contribution is 5.40. The number of ether oxygens (including phenoxy) is 1. The van der Waals surface area contributed by atoms with Crippen LogP contribution in [0.15, 0.2) is 18.2 Å². The van der Waals surface area contributed by atoms with Gasteiger partial charge in [0.25, 0.3) is 0 Å². The molecule has 0 saturated carbocycles. The van der Waals surface area contributed by atoms with Crippen LogP contribution in [-0.4, -0.2) is 25.8 Å². The first-order valence-corrected chi connectivity index (χ1v) is 6.00. The number of hydrogen-bond acceptors (Lipinski definition) is 2. The Balaban J connectivity index is 3.34. The summed E-state index contributed by atoms with van der Waals surface area (Å²) < 4.78 is 70.0. The molecule has 0 saturated heterocycles. The number of halogens is 5. The van der Waals surface area contributed by atoms with Gasteiger partial charge in [-0.1, -0.05) is 17.7 Å². The smallest absolute Gasteiger partial charge is 0.455 e. The number of hydrogen-bond donors (Lipinski definition) is 1. The van der Waals surface area contributed by atoms with Crippen molar-refractivity contribution in [2.45, 2.75) is 32.0 Å². The van der Waals surface area contributed by atoms with Gasteiger partial charge in [-0.3, -0.25) is 0 Å². The van der Waals surface area contributed by atoms with Gasteiger partial charge in [-0.2, -0.15) is 22.0 Å². The molecule has 0 aliphatic heterocycles. The Morgan fingerprint density at radius 1 is 1.20 bits per heavy atom. The van der Waals surface area contributed by atoms with E-state index < -0.39 is 18.1 Å². The monoisotopic (exact) mass is 297 g/mol. The molecule has 0 aliphatic carbocycles. The highest BCUT2D eigenvalue weighted by Crippen LogP contribution is 2.46. The zero-order valence-corrected chi connectivity index (χ0v) is 11.3. The number of nitrogens with one attached hydrogen (secondary N) is 1. The third kappa shape index (κ3) is 3.20. The van der Waals surface area contributed by atoms with Crippen LogP contribution in [0.3, 0.4) is 0 Å². The average molecular weight is 297 g/mol. The van der Waals surface area contributed by atoms with E-state index in [0.29, 0.717) is 5.56 Å². The molecule has 7 heteroatoms. The molecule has 1 N–H and O–H groups in total. The van der Waals surface area contributed by atoms with Gasteiger partial charge in [-0.05, 0) is 27.0 Å². The summed E-state index contributed by atoms with van der Waals surface area (Å²) in [6.45, 7) is 3.40. The molecule has 0 aliphatic rings. The lowest BCUT2D eigenvalue weighted by molar-refractivity contribution is -0.294. The van der Waals surface area contributed by atoms with Gasteiger partial charge in [0.2, 0.25) is 0 Å². The van der Waals surface area contributed by atoms with Gasteiger partial charge in [0.1, 0.15) is 11.8 Å². The van der Waals surface area contributed by atoms with Crippen LogP contribution >= 0.6 is 0 Å². The van der Waals surface area contributed by atoms with E-state index in [2.05, 4.69) is 0 Å². The zero-order valence-electron chi connectivity index (χ0n) is 11.3. The van der Waals surface area contributed by atoms with E-state index >= 15 is 0 Å². The van der Waals surface area contributed by atoms with Gasteiger partial charge in [-0.15, -0.1) is 0 Å². The molecule has 0 aromatic heterocycles. The maximum absolute atomic E-state index is 13.6. The summed E-state index contributed by atoms with van der Waals surface area (Å²) in [5, 5.41) is 2.04. The summed E-state index contributed by atoms with van der Waals surface area (Å²) in [5.74, 6) is -4.89. The van der Waals surface area contributed by atoms with E-state index in [4.69, 9.17) is 4.74 Å². The van der Waals surface area contributed by atoms with E-state index in [1.807, 2.05) is 5.32 Å². The second-order valence-electron chi connectivity index (χ2n) is 4.32. The van der Waals surface area contributed by atoms with Crippen molar-refractivity contribution < 1.29 is 26.7 Å². The molecule has 0 spiro atoms. The van der Waals surface area contributed by atoms with Crippen LogP contribution in [0.4, 0.5) is 22.0 Å². The molecule has 1 aromatic rings. The molecule has 1 rings (SSSR count). The van der Waals surface area contributed by atoms with Crippen LogP contribution < -0.4 is 10.1 Å². The second-order valence-corrected chi connectivity index (χ2v) is 4.32. The number of benzene rings is 1. The summed E-state index contributed by atoms with van der Waals surface area (Å²) in [4.78, 5) is 0. The third-order valence-electron chi connectivity index (χ3n) is 2.81. The molecule has 2 nitrogen and oxygen atoms in total. The molecule has 1 aromatic carbocycles. The fourth-order valence-electron chi connectivity index (χ4n) is 1.88. The standard InChI is InChI=1S/C13H16F5NO/c1-4-20-10-6-5-8(2)7-9(10)11(19-3)12(14,15)13(16,17)18/h5-7,11,19H,4H2,1-3H3. The molecule has 114 valence electrons. The number of alkyl halides is 5. The minimum Gasteiger partial charge on any atom is -0.494 e. The first-order valence-electron chi connectivity index (χ1n) is 6.00. The second kappa shape index (κ2) is 5.95. The zero-order chi connectivity index (χ0) is 15.6. The van der Waals surface area contributed by atoms with E-state index in [1.165, 1.54) is 12.1 Å². The fourth-order valence-corrected chi connectivity index (χ4v) is 1.88. The predicted molar refractivity (Wildman–Crippen MR) is 65.2 cm³/mol. The topological polar surface area (TPSA) is 21.3 Å². The normalized spacial score (nSPS) is 14.2. The summed E-state index contributed by atoms with van der Waals surface area (Å²) in [7, 11) is 1.06. The Morgan fingerprint density at radius 2 is 1.80 bits per heavy atom. The van der Waals surface area contributed by atoms with Crippen molar-refractivity contribution >= 4 is 0 Å². The molecule has 1 atom stereocenters. The van der Waals surface area contributed by atoms with Crippen LogP contribution in [0, 0.1) is 6.92 Å². The Bertz CT molecular complexity index is 459. The quantitative estimate of drug-likeness (QED) is 0.833. The van der Waals surface area contributed by atoms with Crippen molar-refractivity contribution in [2.75, 3.05) is 13.7 Å². The van der Waals surface area contributed by atoms with E-state index in [0.717, 1.165) is 7.05 Å². The van der Waals surface area contributed by atoms with Crippen LogP contribution in [-0.2, 0) is 0 Å². The molecule has 0 fully saturated rings. The van der Waals surface area contributed by atoms with Crippen molar-refractivity contribution in [3.8, 4) is 5.75 Å². The van der Waals surface area contributed by atoms with Crippen molar-refractivity contribution in [3.05, 3.63) is 29.3 Å². The molecule has 0 heterocycles. The molecule has 1 unspecified atom stereocenters. The van der Waals surface area contributed by atoms with Gasteiger partial charge in [-0.25, -0.2) is 0 Å². The first kappa shape index (κ1) is 16.7. The Kier molecular flexibility index (Phi) is 4.96. The van der Waals surface area contributed by atoms with Crippen molar-refractivity contribution in [1.29, 1.82) is 0 Å². The van der Waals surface area contributed by atoms with Gasteiger partial charge in [0.05, 0.1) is 6.61 Å². The lowest BCUT2D eigenvalue weighted by Crippen LogP contribution is -2.47. The average Bonchev–Trinajstić information content (AvgIpc) is 2.32. The maximum Gasteiger partial charge on any atom is 0.455 e. The van der Waals surface area contributed by atoms with Gasteiger partial charge < -0.3 is 10.1 Å². The predicted octanol–water partition coefficient (Wildman–Crippen LogP) is 3.85. The molecular weight excluding hydrogens is 281 g/mol. The van der Waals surface area contributed by atoms with Crippen molar-refractivity contribution in [3.63, 3.8) is 0 Å². The van der Waals surface area contributed by atoms with Gasteiger partial charge in [0, 0.05) is 5.56 Å². The minimum absolute atomic E-state index is 0.0152. The van der Waals surface area contributed by atoms with Crippen LogP contribution in [0.1, 0.15) is 24.1 Å². The van der Waals surface area contributed by atoms with Crippen molar-refractivity contribution in [1.82, 2.24) is 5.32 Å². The maximum atomic E-state index is 13.6. The summed E-state index contributed by atoms with van der Waals surface area (Å²) in [5.41, 5.74) is 0.360.